The van der Waals surface area contributed by atoms with Crippen LogP contribution in [0.15, 0.2) is 24.4 Å². The number of carbonyl (C=O) groups is 1. The maximum atomic E-state index is 11.8. The van der Waals surface area contributed by atoms with Crippen LogP contribution in [0.25, 0.3) is 11.3 Å². The third-order valence-corrected chi connectivity index (χ3v) is 3.80. The smallest absolute Gasteiger partial charge is 0.246 e. The van der Waals surface area contributed by atoms with Crippen LogP contribution in [0.5, 0.6) is 11.5 Å². The number of H-pyrrole nitrogens is 1. The van der Waals surface area contributed by atoms with Crippen molar-refractivity contribution >= 4 is 5.91 Å². The zero-order valence-corrected chi connectivity index (χ0v) is 13.8. The molecule has 2 aromatic rings. The van der Waals surface area contributed by atoms with Gasteiger partial charge in [0.05, 0.1) is 17.9 Å². The molecule has 3 rings (SSSR count). The van der Waals surface area contributed by atoms with Gasteiger partial charge >= 0.3 is 0 Å². The Hall–Kier alpha value is -2.54. The van der Waals surface area contributed by atoms with Crippen molar-refractivity contribution in [3.63, 3.8) is 0 Å². The molecule has 0 fully saturated rings. The van der Waals surface area contributed by atoms with E-state index >= 15 is 0 Å². The number of benzene rings is 1. The van der Waals surface area contributed by atoms with E-state index in [1.807, 2.05) is 18.2 Å². The highest BCUT2D eigenvalue weighted by Gasteiger charge is 2.19. The highest BCUT2D eigenvalue weighted by Crippen LogP contribution is 2.35. The van der Waals surface area contributed by atoms with E-state index in [-0.39, 0.29) is 25.3 Å². The van der Waals surface area contributed by atoms with Gasteiger partial charge in [0.15, 0.2) is 11.5 Å². The van der Waals surface area contributed by atoms with Crippen LogP contribution in [-0.2, 0) is 9.53 Å². The van der Waals surface area contributed by atoms with Gasteiger partial charge < -0.3 is 24.5 Å². The van der Waals surface area contributed by atoms with E-state index in [4.69, 9.17) is 14.2 Å². The predicted octanol–water partition coefficient (Wildman–Crippen LogP) is 2.41. The molecule has 0 spiro atoms. The number of aromatic nitrogens is 2. The Morgan fingerprint density at radius 2 is 2.25 bits per heavy atom. The van der Waals surface area contributed by atoms with E-state index in [9.17, 15) is 4.79 Å². The molecule has 1 atom stereocenters. The zero-order chi connectivity index (χ0) is 16.9. The first kappa shape index (κ1) is 16.3. The molecule has 0 unspecified atom stereocenters. The molecule has 0 saturated heterocycles. The van der Waals surface area contributed by atoms with Gasteiger partial charge in [0, 0.05) is 12.7 Å². The Labute approximate surface area is 140 Å². The lowest BCUT2D eigenvalue weighted by molar-refractivity contribution is -0.125. The summed E-state index contributed by atoms with van der Waals surface area (Å²) in [6, 6.07) is 5.57. The molecule has 0 saturated carbocycles. The van der Waals surface area contributed by atoms with Crippen LogP contribution >= 0.6 is 0 Å². The Bertz CT molecular complexity index is 714. The monoisotopic (exact) mass is 331 g/mol. The van der Waals surface area contributed by atoms with Crippen LogP contribution in [-0.4, -0.2) is 36.4 Å². The molecule has 2 heterocycles. The minimum Gasteiger partial charge on any atom is -0.454 e. The summed E-state index contributed by atoms with van der Waals surface area (Å²) >= 11 is 0. The lowest BCUT2D eigenvalue weighted by Crippen LogP contribution is -2.32. The average molecular weight is 331 g/mol. The lowest BCUT2D eigenvalue weighted by atomic mass is 10.1. The number of ether oxygens (including phenoxy) is 3. The van der Waals surface area contributed by atoms with Gasteiger partial charge in [-0.3, -0.25) is 4.79 Å². The summed E-state index contributed by atoms with van der Waals surface area (Å²) in [4.78, 5) is 19.5. The third-order valence-electron chi connectivity index (χ3n) is 3.80. The van der Waals surface area contributed by atoms with Crippen molar-refractivity contribution in [2.24, 2.45) is 0 Å². The van der Waals surface area contributed by atoms with Crippen molar-refractivity contribution in [3.8, 4) is 22.8 Å². The minimum atomic E-state index is -0.166. The minimum absolute atomic E-state index is 0.0376. The molecule has 0 aliphatic carbocycles. The molecule has 24 heavy (non-hydrogen) atoms. The van der Waals surface area contributed by atoms with Gasteiger partial charge in [0.1, 0.15) is 12.4 Å². The molecule has 0 radical (unpaired) electrons. The molecule has 1 aromatic heterocycles. The van der Waals surface area contributed by atoms with E-state index in [2.05, 4.69) is 22.2 Å². The highest BCUT2D eigenvalue weighted by atomic mass is 16.7. The molecule has 7 heteroatoms. The molecular formula is C17H21N3O4. The Morgan fingerprint density at radius 3 is 3.04 bits per heavy atom. The molecule has 7 nitrogen and oxygen atoms in total. The van der Waals surface area contributed by atoms with Crippen molar-refractivity contribution in [1.82, 2.24) is 15.3 Å². The van der Waals surface area contributed by atoms with Crippen molar-refractivity contribution in [2.45, 2.75) is 25.8 Å². The maximum absolute atomic E-state index is 11.8. The zero-order valence-electron chi connectivity index (χ0n) is 13.8. The van der Waals surface area contributed by atoms with Crippen LogP contribution in [0.4, 0.5) is 0 Å². The quantitative estimate of drug-likeness (QED) is 0.814. The Kier molecular flexibility index (Phi) is 5.00. The molecule has 0 bridgehead atoms. The van der Waals surface area contributed by atoms with Crippen molar-refractivity contribution < 1.29 is 19.0 Å². The summed E-state index contributed by atoms with van der Waals surface area (Å²) < 4.78 is 15.6. The van der Waals surface area contributed by atoms with Crippen LogP contribution in [0.1, 0.15) is 31.6 Å². The fraction of sp³-hybridized carbons (Fsp3) is 0.412. The van der Waals surface area contributed by atoms with Crippen molar-refractivity contribution in [3.05, 3.63) is 30.2 Å². The number of carbonyl (C=O) groups excluding carboxylic acids is 1. The number of hydrogen-bond donors (Lipinski definition) is 2. The van der Waals surface area contributed by atoms with Crippen molar-refractivity contribution in [2.75, 3.05) is 20.5 Å². The number of methoxy groups -OCH3 is 1. The number of fused-ring (bicyclic) bond motifs is 1. The highest BCUT2D eigenvalue weighted by molar-refractivity contribution is 5.77. The second kappa shape index (κ2) is 7.35. The van der Waals surface area contributed by atoms with E-state index in [0.717, 1.165) is 41.4 Å². The van der Waals surface area contributed by atoms with Gasteiger partial charge in [0.25, 0.3) is 0 Å². The van der Waals surface area contributed by atoms with Gasteiger partial charge in [-0.15, -0.1) is 0 Å². The first-order chi connectivity index (χ1) is 11.7. The van der Waals surface area contributed by atoms with Gasteiger partial charge in [0.2, 0.25) is 12.7 Å². The number of rotatable bonds is 7. The molecule has 1 aliphatic rings. The van der Waals surface area contributed by atoms with E-state index in [0.29, 0.717) is 0 Å². The van der Waals surface area contributed by atoms with Crippen molar-refractivity contribution in [1.29, 1.82) is 0 Å². The predicted molar refractivity (Wildman–Crippen MR) is 87.8 cm³/mol. The van der Waals surface area contributed by atoms with Gasteiger partial charge in [-0.1, -0.05) is 13.3 Å². The first-order valence-corrected chi connectivity index (χ1v) is 7.94. The van der Waals surface area contributed by atoms with Crippen LogP contribution in [0.2, 0.25) is 0 Å². The van der Waals surface area contributed by atoms with Gasteiger partial charge in [-0.05, 0) is 24.6 Å². The number of aromatic amines is 1. The Morgan fingerprint density at radius 1 is 1.42 bits per heavy atom. The summed E-state index contributed by atoms with van der Waals surface area (Å²) in [5.74, 6) is 2.04. The summed E-state index contributed by atoms with van der Waals surface area (Å²) in [5.41, 5.74) is 1.82. The first-order valence-electron chi connectivity index (χ1n) is 7.94. The largest absolute Gasteiger partial charge is 0.454 e. The summed E-state index contributed by atoms with van der Waals surface area (Å²) in [7, 11) is 1.50. The van der Waals surface area contributed by atoms with E-state index in [1.165, 1.54) is 7.11 Å². The maximum Gasteiger partial charge on any atom is 0.246 e. The van der Waals surface area contributed by atoms with E-state index < -0.39 is 0 Å². The number of hydrogen-bond acceptors (Lipinski definition) is 5. The standard InChI is InChI=1S/C17H21N3O4/c1-3-4-12(19-16(21)9-22-2)17-18-8-13(20-17)11-5-6-14-15(7-11)24-10-23-14/h5-8,12H,3-4,9-10H2,1-2H3,(H,18,20)(H,19,21)/t12-/m1/s1. The molecule has 128 valence electrons. The molecule has 1 aliphatic heterocycles. The normalized spacial score (nSPS) is 13.8. The van der Waals surface area contributed by atoms with Crippen LogP contribution in [0, 0.1) is 0 Å². The van der Waals surface area contributed by atoms with Gasteiger partial charge in [-0.25, -0.2) is 4.98 Å². The number of imidazole rings is 1. The van der Waals surface area contributed by atoms with Crippen LogP contribution in [0.3, 0.4) is 0 Å². The average Bonchev–Trinajstić information content (AvgIpc) is 3.23. The fourth-order valence-electron chi connectivity index (χ4n) is 2.66. The second-order valence-corrected chi connectivity index (χ2v) is 5.59. The topological polar surface area (TPSA) is 85.5 Å². The second-order valence-electron chi connectivity index (χ2n) is 5.59. The molecule has 2 N–H and O–H groups in total. The molecule has 1 amide bonds. The van der Waals surface area contributed by atoms with E-state index in [1.54, 1.807) is 6.20 Å². The summed E-state index contributed by atoms with van der Waals surface area (Å²) in [5, 5.41) is 2.94. The molecular weight excluding hydrogens is 310 g/mol. The van der Waals surface area contributed by atoms with Crippen LogP contribution < -0.4 is 14.8 Å². The summed E-state index contributed by atoms with van der Waals surface area (Å²) in [6.07, 6.45) is 3.49. The third kappa shape index (κ3) is 3.51. The lowest BCUT2D eigenvalue weighted by Gasteiger charge is -2.15. The molecule has 1 aromatic carbocycles. The number of nitrogens with zero attached hydrogens (tertiary/aromatic N) is 1. The Balaban J connectivity index is 1.78. The fourth-order valence-corrected chi connectivity index (χ4v) is 2.66. The van der Waals surface area contributed by atoms with Gasteiger partial charge in [-0.2, -0.15) is 0 Å². The number of nitrogens with one attached hydrogen (secondary N) is 2. The number of amides is 1. The SMILES string of the molecule is CCC[C@@H](NC(=O)COC)c1ncc(-c2ccc3c(c2)OCO3)[nH]1. The summed E-state index contributed by atoms with van der Waals surface area (Å²) in [6.45, 7) is 2.35.